The number of nitrogens with zero attached hydrogens (tertiary/aromatic N) is 7. The predicted octanol–water partition coefficient (Wildman–Crippen LogP) is 18.5. The van der Waals surface area contributed by atoms with Gasteiger partial charge < -0.3 is 18.3 Å². The van der Waals surface area contributed by atoms with Crippen LogP contribution in [0.3, 0.4) is 0 Å². The summed E-state index contributed by atoms with van der Waals surface area (Å²) in [6.45, 7) is 0. The van der Waals surface area contributed by atoms with Crippen LogP contribution < -0.4 is 0 Å². The highest BCUT2D eigenvalue weighted by atomic mass is 15.1. The van der Waals surface area contributed by atoms with Crippen LogP contribution in [0, 0.1) is 0 Å². The summed E-state index contributed by atoms with van der Waals surface area (Å²) < 4.78 is 9.75. The van der Waals surface area contributed by atoms with Crippen LogP contribution in [0.15, 0.2) is 267 Å². The van der Waals surface area contributed by atoms with Gasteiger partial charge in [0, 0.05) is 66.6 Å². The lowest BCUT2D eigenvalue weighted by Gasteiger charge is -2.21. The third-order valence-corrected chi connectivity index (χ3v) is 17.2. The van der Waals surface area contributed by atoms with E-state index in [2.05, 4.69) is 273 Å². The second-order valence-electron chi connectivity index (χ2n) is 21.9. The Morgan fingerprint density at radius 2 is 0.783 bits per heavy atom. The zero-order chi connectivity index (χ0) is 54.5. The average Bonchev–Trinajstić information content (AvgIpc) is 2.72. The van der Waals surface area contributed by atoms with E-state index in [-0.39, 0.29) is 0 Å². The van der Waals surface area contributed by atoms with Gasteiger partial charge >= 0.3 is 0 Å². The van der Waals surface area contributed by atoms with Gasteiger partial charge in [0.25, 0.3) is 0 Å². The minimum Gasteiger partial charge on any atom is -0.309 e. The van der Waals surface area contributed by atoms with Crippen molar-refractivity contribution in [3.63, 3.8) is 0 Å². The van der Waals surface area contributed by atoms with E-state index in [9.17, 15) is 0 Å². The van der Waals surface area contributed by atoms with Crippen LogP contribution in [0.4, 0.5) is 0 Å². The molecule has 0 aliphatic heterocycles. The summed E-state index contributed by atoms with van der Waals surface area (Å²) in [5.74, 6) is 1.96. The number of allylic oxidation sites excluding steroid dienone is 1. The van der Waals surface area contributed by atoms with Gasteiger partial charge in [0.05, 0.1) is 55.7 Å². The van der Waals surface area contributed by atoms with Crippen molar-refractivity contribution in [2.24, 2.45) is 0 Å². The van der Waals surface area contributed by atoms with E-state index in [1.807, 2.05) is 18.2 Å². The van der Waals surface area contributed by atoms with Gasteiger partial charge in [-0.25, -0.2) is 15.0 Å². The first-order chi connectivity index (χ1) is 41.2. The summed E-state index contributed by atoms with van der Waals surface area (Å²) in [5, 5.41) is 8.66. The van der Waals surface area contributed by atoms with E-state index in [4.69, 9.17) is 15.0 Å². The topological polar surface area (TPSA) is 58.4 Å². The van der Waals surface area contributed by atoms with Crippen LogP contribution in [-0.2, 0) is 12.8 Å². The van der Waals surface area contributed by atoms with E-state index in [1.165, 1.54) is 76.6 Å². The molecule has 0 N–H and O–H groups in total. The Morgan fingerprint density at radius 3 is 1.41 bits per heavy atom. The van der Waals surface area contributed by atoms with E-state index >= 15 is 0 Å². The quantitative estimate of drug-likeness (QED) is 0.145. The van der Waals surface area contributed by atoms with Gasteiger partial charge in [-0.05, 0) is 126 Å². The van der Waals surface area contributed by atoms with Crippen molar-refractivity contribution in [1.82, 2.24) is 33.2 Å². The highest BCUT2D eigenvalue weighted by molar-refractivity contribution is 6.12. The van der Waals surface area contributed by atoms with E-state index in [0.717, 1.165) is 74.3 Å². The number of hydrogen-bond acceptors (Lipinski definition) is 3. The first-order valence-electron chi connectivity index (χ1n) is 28.6. The molecule has 16 aromatic rings. The number of hydrogen-bond donors (Lipinski definition) is 0. The van der Waals surface area contributed by atoms with Crippen molar-refractivity contribution in [2.45, 2.75) is 19.3 Å². The number of fused-ring (bicyclic) bond motifs is 12. The summed E-state index contributed by atoms with van der Waals surface area (Å²) in [5.41, 5.74) is 20.7. The highest BCUT2D eigenvalue weighted by Gasteiger charge is 2.26. The minimum absolute atomic E-state index is 0.474. The molecule has 7 heteroatoms. The maximum Gasteiger partial charge on any atom is 0.163 e. The molecule has 0 unspecified atom stereocenters. The molecule has 0 amide bonds. The van der Waals surface area contributed by atoms with Crippen molar-refractivity contribution in [3.05, 3.63) is 295 Å². The van der Waals surface area contributed by atoms with Crippen molar-refractivity contribution in [1.29, 1.82) is 0 Å². The molecular weight excluding hydrogens is 1010 g/mol. The van der Waals surface area contributed by atoms with Crippen molar-refractivity contribution >= 4 is 88.0 Å². The number of aromatic nitrogens is 7. The Hall–Kier alpha value is -10.9. The molecule has 1 aliphatic rings. The number of aryl methyl sites for hydroxylation is 1. The number of para-hydroxylation sites is 7. The Kier molecular flexibility index (Phi) is 10.7. The lowest BCUT2D eigenvalue weighted by molar-refractivity contribution is 0.927. The molecule has 0 radical (unpaired) electrons. The van der Waals surface area contributed by atoms with Gasteiger partial charge in [-0.1, -0.05) is 182 Å². The normalized spacial score (nSPS) is 12.6. The number of rotatable bonds is 9. The molecule has 5 aromatic heterocycles. The molecule has 0 fully saturated rings. The van der Waals surface area contributed by atoms with Crippen LogP contribution in [0.1, 0.15) is 34.6 Å². The molecule has 17 rings (SSSR count). The lowest BCUT2D eigenvalue weighted by atomic mass is 9.90. The zero-order valence-corrected chi connectivity index (χ0v) is 45.2. The second-order valence-corrected chi connectivity index (χ2v) is 21.9. The third kappa shape index (κ3) is 7.55. The molecule has 0 spiro atoms. The molecule has 1 aliphatic carbocycles. The smallest absolute Gasteiger partial charge is 0.163 e. The van der Waals surface area contributed by atoms with Crippen LogP contribution in [0.25, 0.3) is 133 Å². The maximum atomic E-state index is 5.39. The molecule has 7 nitrogen and oxygen atoms in total. The van der Waals surface area contributed by atoms with Crippen molar-refractivity contribution < 1.29 is 0 Å². The molecule has 0 atom stereocenters. The fraction of sp³-hybridized carbons (Fsp3) is 0.0395. The Labute approximate surface area is 478 Å². The fourth-order valence-corrected chi connectivity index (χ4v) is 13.5. The summed E-state index contributed by atoms with van der Waals surface area (Å²) in [6, 6.07) is 96.4. The van der Waals surface area contributed by atoms with E-state index < -0.39 is 0 Å². The summed E-state index contributed by atoms with van der Waals surface area (Å²) >= 11 is 0. The summed E-state index contributed by atoms with van der Waals surface area (Å²) in [7, 11) is 0. The SMILES string of the molecule is C1=C(c2ccc3c(c2)c2ccccc2n3-c2ccccc2)CCc2c1n(-c1cc(Cc3nc(-c4ccccc4)nc(-c4cccc(-n5c6ccccc6c6ccccc65)c4)n3)ccc1-n1c3ccccc3c3ccccc31)c1ccccc21. The largest absolute Gasteiger partial charge is 0.309 e. The van der Waals surface area contributed by atoms with Crippen molar-refractivity contribution in [2.75, 3.05) is 0 Å². The standard InChI is InChI=1S/C76H51N7/c1-3-20-50(21-4-1)75-77-74(78-76(79-75)53-22-19-25-55(46-53)81-64-32-13-7-26-56(64)57-27-8-14-33-65(57)81)45-49-38-42-71(82-67-35-16-9-28-58(67)59-29-10-17-36-68(59)82)73(44-49)83-69-37-18-11-30-60(69)62-41-39-52(48-72(62)83)51-40-43-70-63(47-51)61-31-12-15-34-66(61)80(70)54-23-5-2-6-24-54/h1-38,40,42-44,46-48H,39,41,45H2. The second kappa shape index (κ2) is 18.9. The molecule has 83 heavy (non-hydrogen) atoms. The Balaban J connectivity index is 0.851. The molecule has 5 heterocycles. The Bertz CT molecular complexity index is 5200. The molecular formula is C76H51N7. The van der Waals surface area contributed by atoms with Gasteiger partial charge in [0.1, 0.15) is 5.82 Å². The van der Waals surface area contributed by atoms with Crippen LogP contribution in [0.2, 0.25) is 0 Å². The monoisotopic (exact) mass is 1060 g/mol. The van der Waals surface area contributed by atoms with Crippen LogP contribution >= 0.6 is 0 Å². The predicted molar refractivity (Wildman–Crippen MR) is 342 cm³/mol. The van der Waals surface area contributed by atoms with Crippen molar-refractivity contribution in [3.8, 4) is 45.5 Å². The van der Waals surface area contributed by atoms with Crippen LogP contribution in [0.5, 0.6) is 0 Å². The van der Waals surface area contributed by atoms with Gasteiger partial charge in [-0.15, -0.1) is 0 Å². The fourth-order valence-electron chi connectivity index (χ4n) is 13.5. The first kappa shape index (κ1) is 47.0. The van der Waals surface area contributed by atoms with Gasteiger partial charge in [0.2, 0.25) is 0 Å². The molecule has 0 saturated heterocycles. The molecule has 0 bridgehead atoms. The first-order valence-corrected chi connectivity index (χ1v) is 28.6. The van der Waals surface area contributed by atoms with Crippen LogP contribution in [-0.4, -0.2) is 33.2 Å². The lowest BCUT2D eigenvalue weighted by Crippen LogP contribution is -2.09. The van der Waals surface area contributed by atoms with E-state index in [1.54, 1.807) is 0 Å². The average molecular weight is 1060 g/mol. The van der Waals surface area contributed by atoms with Gasteiger partial charge in [0.15, 0.2) is 11.6 Å². The third-order valence-electron chi connectivity index (χ3n) is 17.2. The molecule has 0 saturated carbocycles. The minimum atomic E-state index is 0.474. The highest BCUT2D eigenvalue weighted by Crippen LogP contribution is 2.44. The molecule has 11 aromatic carbocycles. The van der Waals surface area contributed by atoms with Gasteiger partial charge in [-0.3, -0.25) is 0 Å². The molecule has 390 valence electrons. The summed E-state index contributed by atoms with van der Waals surface area (Å²) in [4.78, 5) is 15.9. The van der Waals surface area contributed by atoms with Gasteiger partial charge in [-0.2, -0.15) is 0 Å². The maximum absolute atomic E-state index is 5.39. The summed E-state index contributed by atoms with van der Waals surface area (Å²) in [6.07, 6.45) is 4.80. The zero-order valence-electron chi connectivity index (χ0n) is 45.2. The Morgan fingerprint density at radius 1 is 0.301 bits per heavy atom. The number of benzene rings is 11. The van der Waals surface area contributed by atoms with E-state index in [0.29, 0.717) is 23.9 Å².